The van der Waals surface area contributed by atoms with E-state index in [4.69, 9.17) is 27.9 Å². The molecule has 0 bridgehead atoms. The fourth-order valence-corrected chi connectivity index (χ4v) is 3.40. The van der Waals surface area contributed by atoms with E-state index in [1.54, 1.807) is 23.5 Å². The van der Waals surface area contributed by atoms with E-state index >= 15 is 0 Å². The number of benzene rings is 1. The van der Waals surface area contributed by atoms with Gasteiger partial charge in [-0.1, -0.05) is 34.5 Å². The predicted octanol–water partition coefficient (Wildman–Crippen LogP) is 5.09. The van der Waals surface area contributed by atoms with Crippen LogP contribution in [0.3, 0.4) is 0 Å². The van der Waals surface area contributed by atoms with Crippen molar-refractivity contribution in [1.29, 1.82) is 0 Å². The monoisotopic (exact) mass is 373 g/mol. The van der Waals surface area contributed by atoms with E-state index in [2.05, 4.69) is 28.9 Å². The first-order chi connectivity index (χ1) is 11.1. The van der Waals surface area contributed by atoms with E-state index in [0.29, 0.717) is 16.7 Å². The van der Waals surface area contributed by atoms with Gasteiger partial charge in [0.2, 0.25) is 5.13 Å². The maximum atomic E-state index is 5.96. The second kappa shape index (κ2) is 9.30. The Hall–Kier alpha value is -1.04. The first-order valence-electron chi connectivity index (χ1n) is 7.79. The lowest BCUT2D eigenvalue weighted by Gasteiger charge is -2.15. The summed E-state index contributed by atoms with van der Waals surface area (Å²) in [5.41, 5.74) is 0. The van der Waals surface area contributed by atoms with Gasteiger partial charge in [0.1, 0.15) is 10.8 Å². The van der Waals surface area contributed by atoms with Gasteiger partial charge in [-0.15, -0.1) is 10.2 Å². The van der Waals surface area contributed by atoms with Crippen molar-refractivity contribution >= 4 is 39.7 Å². The maximum Gasteiger partial charge on any atom is 0.208 e. The van der Waals surface area contributed by atoms with Crippen molar-refractivity contribution in [2.24, 2.45) is 0 Å². The van der Waals surface area contributed by atoms with Crippen LogP contribution in [-0.4, -0.2) is 29.9 Å². The van der Waals surface area contributed by atoms with E-state index in [1.165, 1.54) is 0 Å². The third-order valence-corrected chi connectivity index (χ3v) is 5.22. The van der Waals surface area contributed by atoms with Gasteiger partial charge in [-0.2, -0.15) is 0 Å². The van der Waals surface area contributed by atoms with Gasteiger partial charge in [-0.25, -0.2) is 0 Å². The van der Waals surface area contributed by atoms with E-state index in [9.17, 15) is 0 Å². The molecule has 0 aliphatic heterocycles. The first kappa shape index (κ1) is 18.3. The summed E-state index contributed by atoms with van der Waals surface area (Å²) in [6, 6.07) is 5.31. The topological polar surface area (TPSA) is 38.2 Å². The first-order valence-corrected chi connectivity index (χ1v) is 9.36. The van der Waals surface area contributed by atoms with Crippen LogP contribution in [0.2, 0.25) is 10.0 Å². The van der Waals surface area contributed by atoms with Gasteiger partial charge in [0.05, 0.1) is 16.7 Å². The van der Waals surface area contributed by atoms with Crippen LogP contribution in [0.5, 0.6) is 5.75 Å². The van der Waals surface area contributed by atoms with E-state index in [1.807, 2.05) is 6.07 Å². The SMILES string of the molecule is CCN(CC)c1nnc(CCCCOc2ccc(Cl)c(Cl)c2)s1. The normalized spacial score (nSPS) is 10.8. The minimum atomic E-state index is 0.516. The Bertz CT molecular complexity index is 617. The van der Waals surface area contributed by atoms with Crippen molar-refractivity contribution in [3.05, 3.63) is 33.3 Å². The van der Waals surface area contributed by atoms with Crippen LogP contribution < -0.4 is 9.64 Å². The molecule has 0 amide bonds. The predicted molar refractivity (Wildman–Crippen MR) is 98.4 cm³/mol. The minimum absolute atomic E-state index is 0.516. The number of nitrogens with zero attached hydrogens (tertiary/aromatic N) is 3. The largest absolute Gasteiger partial charge is 0.494 e. The van der Waals surface area contributed by atoms with Gasteiger partial charge in [0.15, 0.2) is 0 Å². The van der Waals surface area contributed by atoms with Crippen LogP contribution in [0, 0.1) is 0 Å². The summed E-state index contributed by atoms with van der Waals surface area (Å²) in [4.78, 5) is 2.22. The molecule has 7 heteroatoms. The molecule has 0 aliphatic carbocycles. The summed E-state index contributed by atoms with van der Waals surface area (Å²) in [7, 11) is 0. The fraction of sp³-hybridized carbons (Fsp3) is 0.500. The quantitative estimate of drug-likeness (QED) is 0.573. The van der Waals surface area contributed by atoms with E-state index in [-0.39, 0.29) is 0 Å². The van der Waals surface area contributed by atoms with Gasteiger partial charge in [-0.05, 0) is 38.8 Å². The third-order valence-electron chi connectivity index (χ3n) is 3.43. The van der Waals surface area contributed by atoms with Gasteiger partial charge in [0.25, 0.3) is 0 Å². The van der Waals surface area contributed by atoms with Crippen molar-refractivity contribution in [1.82, 2.24) is 10.2 Å². The van der Waals surface area contributed by atoms with Crippen molar-refractivity contribution in [3.8, 4) is 5.75 Å². The van der Waals surface area contributed by atoms with Crippen LogP contribution in [-0.2, 0) is 6.42 Å². The van der Waals surface area contributed by atoms with Crippen molar-refractivity contribution in [2.75, 3.05) is 24.6 Å². The summed E-state index contributed by atoms with van der Waals surface area (Å²) in [6.07, 6.45) is 2.91. The number of anilines is 1. The molecule has 0 saturated heterocycles. The molecule has 4 nitrogen and oxygen atoms in total. The molecule has 0 radical (unpaired) electrons. The molecular formula is C16H21Cl2N3OS. The third kappa shape index (κ3) is 5.52. The second-order valence-corrected chi connectivity index (χ2v) is 6.89. The number of aryl methyl sites for hydroxylation is 1. The molecule has 0 saturated carbocycles. The number of hydrogen-bond acceptors (Lipinski definition) is 5. The molecule has 2 rings (SSSR count). The summed E-state index contributed by atoms with van der Waals surface area (Å²) in [5.74, 6) is 0.749. The average Bonchev–Trinajstić information content (AvgIpc) is 3.00. The van der Waals surface area contributed by atoms with Gasteiger partial charge in [0, 0.05) is 25.6 Å². The van der Waals surface area contributed by atoms with E-state index in [0.717, 1.165) is 48.2 Å². The van der Waals surface area contributed by atoms with Crippen molar-refractivity contribution in [2.45, 2.75) is 33.1 Å². The second-order valence-electron chi connectivity index (χ2n) is 5.03. The van der Waals surface area contributed by atoms with Crippen LogP contribution >= 0.6 is 34.5 Å². The van der Waals surface area contributed by atoms with Crippen molar-refractivity contribution in [3.63, 3.8) is 0 Å². The molecule has 0 aliphatic rings. The molecular weight excluding hydrogens is 353 g/mol. The molecule has 0 N–H and O–H groups in total. The summed E-state index contributed by atoms with van der Waals surface area (Å²) in [5, 5.41) is 11.7. The zero-order valence-corrected chi connectivity index (χ0v) is 15.7. The van der Waals surface area contributed by atoms with Crippen LogP contribution in [0.15, 0.2) is 18.2 Å². The van der Waals surface area contributed by atoms with Gasteiger partial charge < -0.3 is 9.64 Å². The van der Waals surface area contributed by atoms with Crippen LogP contribution in [0.25, 0.3) is 0 Å². The number of ether oxygens (including phenoxy) is 1. The zero-order valence-electron chi connectivity index (χ0n) is 13.4. The van der Waals surface area contributed by atoms with Gasteiger partial charge in [-0.3, -0.25) is 0 Å². The molecule has 1 heterocycles. The molecule has 0 spiro atoms. The van der Waals surface area contributed by atoms with Gasteiger partial charge >= 0.3 is 0 Å². The standard InChI is InChI=1S/C16H21Cl2N3OS/c1-3-21(4-2)16-20-19-15(23-16)7-5-6-10-22-12-8-9-13(17)14(18)11-12/h8-9,11H,3-7,10H2,1-2H3. The lowest BCUT2D eigenvalue weighted by Crippen LogP contribution is -2.21. The Morgan fingerprint density at radius 1 is 1.09 bits per heavy atom. The van der Waals surface area contributed by atoms with Crippen LogP contribution in [0.1, 0.15) is 31.7 Å². The lowest BCUT2D eigenvalue weighted by molar-refractivity contribution is 0.307. The summed E-state index contributed by atoms with van der Waals surface area (Å²) in [6.45, 7) is 6.83. The Morgan fingerprint density at radius 2 is 1.87 bits per heavy atom. The smallest absolute Gasteiger partial charge is 0.208 e. The Balaban J connectivity index is 1.70. The Morgan fingerprint density at radius 3 is 2.57 bits per heavy atom. The Kier molecular flexibility index (Phi) is 7.40. The molecule has 0 atom stereocenters. The molecule has 126 valence electrons. The molecule has 0 fully saturated rings. The highest BCUT2D eigenvalue weighted by atomic mass is 35.5. The summed E-state index contributed by atoms with van der Waals surface area (Å²) < 4.78 is 5.67. The average molecular weight is 374 g/mol. The minimum Gasteiger partial charge on any atom is -0.494 e. The molecule has 1 aromatic heterocycles. The number of aromatic nitrogens is 2. The Labute approximate surface area is 151 Å². The van der Waals surface area contributed by atoms with Crippen LogP contribution in [0.4, 0.5) is 5.13 Å². The zero-order chi connectivity index (χ0) is 16.7. The van der Waals surface area contributed by atoms with Crippen molar-refractivity contribution < 1.29 is 4.74 Å². The number of halogens is 2. The molecule has 2 aromatic rings. The highest BCUT2D eigenvalue weighted by Crippen LogP contribution is 2.26. The highest BCUT2D eigenvalue weighted by molar-refractivity contribution is 7.15. The number of hydrogen-bond donors (Lipinski definition) is 0. The lowest BCUT2D eigenvalue weighted by atomic mass is 10.2. The summed E-state index contributed by atoms with van der Waals surface area (Å²) >= 11 is 13.5. The fourth-order valence-electron chi connectivity index (χ4n) is 2.10. The molecule has 23 heavy (non-hydrogen) atoms. The van der Waals surface area contributed by atoms with E-state index < -0.39 is 0 Å². The number of rotatable bonds is 9. The molecule has 0 unspecified atom stereocenters. The maximum absolute atomic E-state index is 5.96. The molecule has 1 aromatic carbocycles. The highest BCUT2D eigenvalue weighted by Gasteiger charge is 2.09. The number of unbranched alkanes of at least 4 members (excludes halogenated alkanes) is 1.